The summed E-state index contributed by atoms with van der Waals surface area (Å²) < 4.78 is 33.0. The number of nitrogens with zero attached hydrogens (tertiary/aromatic N) is 2. The highest BCUT2D eigenvalue weighted by atomic mass is 32.2. The molecule has 8 heteroatoms. The van der Waals surface area contributed by atoms with Gasteiger partial charge in [-0.1, -0.05) is 29.8 Å². The minimum absolute atomic E-state index is 0.00224. The number of sulfonamides is 1. The molecule has 0 spiro atoms. The average molecular weight is 385 g/mol. The first-order valence-corrected chi connectivity index (χ1v) is 9.86. The lowest BCUT2D eigenvalue weighted by Crippen LogP contribution is -2.50. The highest BCUT2D eigenvalue weighted by Crippen LogP contribution is 2.20. The van der Waals surface area contributed by atoms with Gasteiger partial charge < -0.3 is 9.64 Å². The topological polar surface area (TPSA) is 99.5 Å². The lowest BCUT2D eigenvalue weighted by molar-refractivity contribution is -0.129. The molecular weight excluding hydrogens is 366 g/mol. The summed E-state index contributed by atoms with van der Waals surface area (Å²) in [4.78, 5) is 13.7. The van der Waals surface area contributed by atoms with Crippen LogP contribution in [0.25, 0.3) is 0 Å². The van der Waals surface area contributed by atoms with Gasteiger partial charge in [-0.25, -0.2) is 13.1 Å². The summed E-state index contributed by atoms with van der Waals surface area (Å²) in [6.07, 6.45) is -0.493. The van der Waals surface area contributed by atoms with Gasteiger partial charge in [0.1, 0.15) is 12.7 Å². The highest BCUT2D eigenvalue weighted by molar-refractivity contribution is 7.89. The number of anilines is 1. The zero-order valence-electron chi connectivity index (χ0n) is 14.8. The van der Waals surface area contributed by atoms with Gasteiger partial charge in [0.25, 0.3) is 5.91 Å². The monoisotopic (exact) mass is 385 g/mol. The Kier molecular flexibility index (Phi) is 5.56. The van der Waals surface area contributed by atoms with E-state index >= 15 is 0 Å². The second kappa shape index (κ2) is 7.88. The van der Waals surface area contributed by atoms with Crippen LogP contribution in [0.15, 0.2) is 53.4 Å². The van der Waals surface area contributed by atoms with Crippen molar-refractivity contribution < 1.29 is 17.9 Å². The minimum Gasteiger partial charge on any atom is -0.365 e. The molecule has 1 saturated heterocycles. The Morgan fingerprint density at radius 2 is 1.93 bits per heavy atom. The number of nitrogens with one attached hydrogen (secondary N) is 1. The third kappa shape index (κ3) is 4.34. The Balaban J connectivity index is 1.70. The quantitative estimate of drug-likeness (QED) is 0.842. The van der Waals surface area contributed by atoms with E-state index in [1.165, 1.54) is 12.1 Å². The number of morpholine rings is 1. The Labute approximate surface area is 158 Å². The van der Waals surface area contributed by atoms with Crippen LogP contribution in [0.2, 0.25) is 0 Å². The number of ether oxygens (including phenoxy) is 1. The maximum Gasteiger partial charge on any atom is 0.253 e. The van der Waals surface area contributed by atoms with Crippen molar-refractivity contribution in [2.45, 2.75) is 17.9 Å². The fraction of sp³-hybridized carbons (Fsp3) is 0.263. The van der Waals surface area contributed by atoms with Crippen molar-refractivity contribution in [3.8, 4) is 6.07 Å². The SMILES string of the molecule is Cc1ccc(N2CC(CNS(=O)(=O)c3ccccc3C#N)OCC2=O)cc1. The molecule has 1 aliphatic heterocycles. The van der Waals surface area contributed by atoms with E-state index in [0.717, 1.165) is 11.3 Å². The maximum atomic E-state index is 12.5. The van der Waals surface area contributed by atoms with Crippen molar-refractivity contribution in [1.82, 2.24) is 4.72 Å². The first-order chi connectivity index (χ1) is 12.9. The summed E-state index contributed by atoms with van der Waals surface area (Å²) in [5.41, 5.74) is 1.91. The molecule has 0 aliphatic carbocycles. The van der Waals surface area contributed by atoms with Gasteiger partial charge in [0, 0.05) is 12.2 Å². The van der Waals surface area contributed by atoms with Crippen molar-refractivity contribution in [1.29, 1.82) is 5.26 Å². The Hall–Kier alpha value is -2.73. The van der Waals surface area contributed by atoms with E-state index in [1.807, 2.05) is 37.3 Å². The number of hydrogen-bond donors (Lipinski definition) is 1. The lowest BCUT2D eigenvalue weighted by Gasteiger charge is -2.33. The second-order valence-electron chi connectivity index (χ2n) is 6.23. The predicted octanol–water partition coefficient (Wildman–Crippen LogP) is 1.58. The van der Waals surface area contributed by atoms with Gasteiger partial charge in [0.2, 0.25) is 10.0 Å². The third-order valence-corrected chi connectivity index (χ3v) is 5.76. The van der Waals surface area contributed by atoms with Gasteiger partial charge in [0.05, 0.1) is 23.1 Å². The van der Waals surface area contributed by atoms with Crippen LogP contribution in [-0.2, 0) is 19.6 Å². The molecule has 1 N–H and O–H groups in total. The number of carbonyl (C=O) groups excluding carboxylic acids is 1. The van der Waals surface area contributed by atoms with Crippen LogP contribution < -0.4 is 9.62 Å². The molecule has 0 aromatic heterocycles. The van der Waals surface area contributed by atoms with Crippen LogP contribution in [0.4, 0.5) is 5.69 Å². The fourth-order valence-corrected chi connectivity index (χ4v) is 4.02. The minimum atomic E-state index is -3.86. The van der Waals surface area contributed by atoms with E-state index in [-0.39, 0.29) is 36.1 Å². The Morgan fingerprint density at radius 1 is 1.22 bits per heavy atom. The summed E-state index contributed by atoms with van der Waals surface area (Å²) in [6, 6.07) is 15.4. The molecule has 0 radical (unpaired) electrons. The van der Waals surface area contributed by atoms with E-state index in [1.54, 1.807) is 17.0 Å². The Bertz CT molecular complexity index is 981. The van der Waals surface area contributed by atoms with Crippen LogP contribution >= 0.6 is 0 Å². The van der Waals surface area contributed by atoms with Gasteiger partial charge in [-0.2, -0.15) is 5.26 Å². The molecule has 7 nitrogen and oxygen atoms in total. The summed E-state index contributed by atoms with van der Waals surface area (Å²) in [7, 11) is -3.86. The normalized spacial score (nSPS) is 17.6. The van der Waals surface area contributed by atoms with Crippen LogP contribution in [0.1, 0.15) is 11.1 Å². The van der Waals surface area contributed by atoms with Crippen molar-refractivity contribution >= 4 is 21.6 Å². The van der Waals surface area contributed by atoms with Crippen molar-refractivity contribution in [2.24, 2.45) is 0 Å². The number of hydrogen-bond acceptors (Lipinski definition) is 5. The molecule has 0 saturated carbocycles. The number of amides is 1. The summed E-state index contributed by atoms with van der Waals surface area (Å²) in [5, 5.41) is 9.10. The molecule has 3 rings (SSSR count). The maximum absolute atomic E-state index is 12.5. The van der Waals surface area contributed by atoms with E-state index < -0.39 is 16.1 Å². The van der Waals surface area contributed by atoms with Gasteiger partial charge >= 0.3 is 0 Å². The van der Waals surface area contributed by atoms with Gasteiger partial charge in [-0.3, -0.25) is 4.79 Å². The number of benzene rings is 2. The van der Waals surface area contributed by atoms with Crippen molar-refractivity contribution in [2.75, 3.05) is 24.6 Å². The molecule has 1 atom stereocenters. The molecule has 2 aromatic rings. The first-order valence-electron chi connectivity index (χ1n) is 8.38. The largest absolute Gasteiger partial charge is 0.365 e. The fourth-order valence-electron chi connectivity index (χ4n) is 2.80. The molecular formula is C19H19N3O4S. The standard InChI is InChI=1S/C19H19N3O4S/c1-14-6-8-16(9-7-14)22-12-17(26-13-19(22)23)11-21-27(24,25)18-5-3-2-4-15(18)10-20/h2-9,17,21H,11-13H2,1H3. The summed E-state index contributed by atoms with van der Waals surface area (Å²) >= 11 is 0. The van der Waals surface area contributed by atoms with E-state index in [0.29, 0.717) is 0 Å². The second-order valence-corrected chi connectivity index (χ2v) is 7.97. The molecule has 27 heavy (non-hydrogen) atoms. The van der Waals surface area contributed by atoms with Crippen LogP contribution in [-0.4, -0.2) is 40.1 Å². The lowest BCUT2D eigenvalue weighted by atomic mass is 10.2. The number of aryl methyl sites for hydroxylation is 1. The van der Waals surface area contributed by atoms with Gasteiger partial charge in [-0.15, -0.1) is 0 Å². The predicted molar refractivity (Wildman–Crippen MR) is 99.6 cm³/mol. The van der Waals surface area contributed by atoms with Crippen molar-refractivity contribution in [3.63, 3.8) is 0 Å². The molecule has 1 heterocycles. The summed E-state index contributed by atoms with van der Waals surface area (Å²) in [5.74, 6) is -0.173. The van der Waals surface area contributed by atoms with E-state index in [9.17, 15) is 13.2 Å². The number of carbonyl (C=O) groups is 1. The van der Waals surface area contributed by atoms with Crippen molar-refractivity contribution in [3.05, 3.63) is 59.7 Å². The molecule has 1 aliphatic rings. The van der Waals surface area contributed by atoms with Gasteiger partial charge in [0.15, 0.2) is 0 Å². The molecule has 0 bridgehead atoms. The molecule has 2 aromatic carbocycles. The third-order valence-electron chi connectivity index (χ3n) is 4.27. The molecule has 1 unspecified atom stereocenters. The first kappa shape index (κ1) is 19.0. The summed E-state index contributed by atoms with van der Waals surface area (Å²) in [6.45, 7) is 2.08. The van der Waals surface area contributed by atoms with Gasteiger partial charge in [-0.05, 0) is 31.2 Å². The smallest absolute Gasteiger partial charge is 0.253 e. The van der Waals surface area contributed by atoms with E-state index in [4.69, 9.17) is 10.00 Å². The van der Waals surface area contributed by atoms with Crippen LogP contribution in [0, 0.1) is 18.3 Å². The molecule has 140 valence electrons. The number of rotatable bonds is 5. The average Bonchev–Trinajstić information content (AvgIpc) is 2.68. The Morgan fingerprint density at radius 3 is 2.63 bits per heavy atom. The van der Waals surface area contributed by atoms with E-state index in [2.05, 4.69) is 4.72 Å². The van der Waals surface area contributed by atoms with Crippen LogP contribution in [0.5, 0.6) is 0 Å². The van der Waals surface area contributed by atoms with Crippen LogP contribution in [0.3, 0.4) is 0 Å². The molecule has 1 fully saturated rings. The zero-order chi connectivity index (χ0) is 19.4. The number of nitriles is 1. The zero-order valence-corrected chi connectivity index (χ0v) is 15.6. The highest BCUT2D eigenvalue weighted by Gasteiger charge is 2.29. The molecule has 1 amide bonds.